The maximum Gasteiger partial charge on any atom is 0.408 e. The molecule has 4 heterocycles. The molecular weight excluding hydrogens is 445 g/mol. The molecule has 10 nitrogen and oxygen atoms in total. The van der Waals surface area contributed by atoms with Crippen molar-refractivity contribution in [1.82, 2.24) is 35.5 Å². The average molecular weight is 459 g/mol. The second-order valence-corrected chi connectivity index (χ2v) is 7.12. The van der Waals surface area contributed by atoms with E-state index in [-0.39, 0.29) is 19.4 Å². The fourth-order valence-corrected chi connectivity index (χ4v) is 3.33. The maximum absolute atomic E-state index is 12.8. The highest BCUT2D eigenvalue weighted by Gasteiger charge is 2.47. The molecule has 15 heteroatoms. The molecule has 2 atom stereocenters. The maximum atomic E-state index is 12.8. The van der Waals surface area contributed by atoms with E-state index in [2.05, 4.69) is 30.3 Å². The Bertz CT molecular complexity index is 1160. The molecule has 3 aromatic rings. The highest BCUT2D eigenvalue weighted by Crippen LogP contribution is 2.31. The van der Waals surface area contributed by atoms with E-state index in [0.29, 0.717) is 16.9 Å². The van der Waals surface area contributed by atoms with Crippen LogP contribution in [0.4, 0.5) is 22.0 Å². The molecule has 0 bridgehead atoms. The van der Waals surface area contributed by atoms with Crippen molar-refractivity contribution in [2.24, 2.45) is 5.92 Å². The minimum atomic E-state index is -4.51. The Balaban J connectivity index is 1.41. The number of hydrogen-bond donors (Lipinski definition) is 2. The van der Waals surface area contributed by atoms with E-state index in [0.717, 1.165) is 0 Å². The molecule has 0 saturated carbocycles. The van der Waals surface area contributed by atoms with Gasteiger partial charge in [0.1, 0.15) is 6.04 Å². The zero-order valence-corrected chi connectivity index (χ0v) is 15.9. The van der Waals surface area contributed by atoms with E-state index in [1.54, 1.807) is 6.07 Å². The Morgan fingerprint density at radius 3 is 2.81 bits per heavy atom. The Hall–Kier alpha value is -3.65. The first-order valence-corrected chi connectivity index (χ1v) is 9.21. The summed E-state index contributed by atoms with van der Waals surface area (Å²) in [6.07, 6.45) is -4.98. The van der Waals surface area contributed by atoms with Gasteiger partial charge in [0.25, 0.3) is 12.3 Å². The molecule has 4 rings (SSSR count). The molecule has 0 radical (unpaired) electrons. The van der Waals surface area contributed by atoms with Gasteiger partial charge in [-0.1, -0.05) is 0 Å². The molecule has 1 aliphatic heterocycles. The molecule has 2 N–H and O–H groups in total. The predicted molar refractivity (Wildman–Crippen MR) is 93.2 cm³/mol. The van der Waals surface area contributed by atoms with Crippen LogP contribution in [0.25, 0.3) is 5.65 Å². The number of amides is 2. The van der Waals surface area contributed by atoms with Crippen LogP contribution in [-0.2, 0) is 17.8 Å². The molecule has 3 aromatic heterocycles. The number of nitrogens with one attached hydrogen (secondary N) is 2. The average Bonchev–Trinajstić information content (AvgIpc) is 3.44. The van der Waals surface area contributed by atoms with Crippen LogP contribution in [0.15, 0.2) is 23.1 Å². The van der Waals surface area contributed by atoms with Crippen molar-refractivity contribution >= 4 is 17.5 Å². The van der Waals surface area contributed by atoms with Gasteiger partial charge in [0, 0.05) is 5.92 Å². The summed E-state index contributed by atoms with van der Waals surface area (Å²) in [5, 5.41) is 14.6. The standard InChI is InChI=1S/C17H14F5N7O3/c18-14(19)12-13(28-32-27-12)16(31)23-5-9-6-29-11(25-9)2-7(4-24-29)1-8-3-10(17(20,21)22)26-15(8)30/h2,4,6,8,10,14H,1,3,5H2,(H,23,31)(H,26,30). The van der Waals surface area contributed by atoms with Gasteiger partial charge in [0.2, 0.25) is 11.6 Å². The highest BCUT2D eigenvalue weighted by atomic mass is 19.4. The van der Waals surface area contributed by atoms with Gasteiger partial charge in [-0.2, -0.15) is 18.3 Å². The van der Waals surface area contributed by atoms with Crippen LogP contribution >= 0.6 is 0 Å². The minimum Gasteiger partial charge on any atom is -0.345 e. The third kappa shape index (κ3) is 4.36. The summed E-state index contributed by atoms with van der Waals surface area (Å²) in [5.41, 5.74) is -0.358. The van der Waals surface area contributed by atoms with Crippen molar-refractivity contribution in [2.45, 2.75) is 38.0 Å². The summed E-state index contributed by atoms with van der Waals surface area (Å²) in [5.74, 6) is -2.46. The van der Waals surface area contributed by atoms with E-state index in [1.807, 2.05) is 5.32 Å². The zero-order chi connectivity index (χ0) is 23.0. The summed E-state index contributed by atoms with van der Waals surface area (Å²) < 4.78 is 69.5. The Kier molecular flexibility index (Phi) is 5.48. The second-order valence-electron chi connectivity index (χ2n) is 7.12. The molecular formula is C17H14F5N7O3. The third-order valence-corrected chi connectivity index (χ3v) is 4.88. The van der Waals surface area contributed by atoms with Gasteiger partial charge in [-0.15, -0.1) is 0 Å². The van der Waals surface area contributed by atoms with Crippen LogP contribution < -0.4 is 10.6 Å². The number of hydrogen-bond acceptors (Lipinski definition) is 7. The van der Waals surface area contributed by atoms with Gasteiger partial charge >= 0.3 is 6.18 Å². The smallest absolute Gasteiger partial charge is 0.345 e. The molecule has 2 unspecified atom stereocenters. The lowest BCUT2D eigenvalue weighted by atomic mass is 9.97. The van der Waals surface area contributed by atoms with E-state index >= 15 is 0 Å². The predicted octanol–water partition coefficient (Wildman–Crippen LogP) is 1.59. The van der Waals surface area contributed by atoms with Crippen molar-refractivity contribution < 1.29 is 36.2 Å². The van der Waals surface area contributed by atoms with Crippen LogP contribution in [-0.4, -0.2) is 48.9 Å². The summed E-state index contributed by atoms with van der Waals surface area (Å²) in [4.78, 5) is 28.1. The van der Waals surface area contributed by atoms with E-state index in [4.69, 9.17) is 0 Å². The van der Waals surface area contributed by atoms with Crippen LogP contribution in [0.5, 0.6) is 0 Å². The largest absolute Gasteiger partial charge is 0.408 e. The molecule has 1 aliphatic rings. The summed E-state index contributed by atoms with van der Waals surface area (Å²) in [6, 6.07) is -0.313. The lowest BCUT2D eigenvalue weighted by molar-refractivity contribution is -0.154. The van der Waals surface area contributed by atoms with Crippen LogP contribution in [0, 0.1) is 5.92 Å². The van der Waals surface area contributed by atoms with Crippen molar-refractivity contribution in [3.8, 4) is 0 Å². The van der Waals surface area contributed by atoms with E-state index in [1.165, 1.54) is 16.9 Å². The molecule has 0 spiro atoms. The fraction of sp³-hybridized carbons (Fsp3) is 0.412. The first-order valence-electron chi connectivity index (χ1n) is 9.21. The SMILES string of the molecule is O=C(NCc1cn2ncc(CC3CC(C(F)(F)F)NC3=O)cc2n1)c1nonc1C(F)F. The topological polar surface area (TPSA) is 127 Å². The van der Waals surface area contributed by atoms with Gasteiger partial charge in [-0.3, -0.25) is 9.59 Å². The molecule has 2 amide bonds. The Morgan fingerprint density at radius 1 is 1.34 bits per heavy atom. The number of halogens is 5. The summed E-state index contributed by atoms with van der Waals surface area (Å²) >= 11 is 0. The molecule has 170 valence electrons. The molecule has 0 aliphatic carbocycles. The van der Waals surface area contributed by atoms with Gasteiger partial charge in [-0.25, -0.2) is 22.9 Å². The lowest BCUT2D eigenvalue weighted by Gasteiger charge is -2.13. The monoisotopic (exact) mass is 459 g/mol. The van der Waals surface area contributed by atoms with Gasteiger partial charge in [-0.05, 0) is 34.8 Å². The third-order valence-electron chi connectivity index (χ3n) is 4.88. The van der Waals surface area contributed by atoms with Gasteiger partial charge in [0.15, 0.2) is 11.3 Å². The van der Waals surface area contributed by atoms with Crippen LogP contribution in [0.2, 0.25) is 0 Å². The lowest BCUT2D eigenvalue weighted by Crippen LogP contribution is -2.38. The summed E-state index contributed by atoms with van der Waals surface area (Å²) in [7, 11) is 0. The summed E-state index contributed by atoms with van der Waals surface area (Å²) in [6.45, 7) is -0.147. The van der Waals surface area contributed by atoms with E-state index < -0.39 is 47.8 Å². The number of carbonyl (C=O) groups excluding carboxylic acids is 2. The fourth-order valence-electron chi connectivity index (χ4n) is 3.33. The first-order chi connectivity index (χ1) is 15.1. The highest BCUT2D eigenvalue weighted by molar-refractivity contribution is 5.93. The number of nitrogens with zero attached hydrogens (tertiary/aromatic N) is 5. The Morgan fingerprint density at radius 2 is 2.12 bits per heavy atom. The molecule has 32 heavy (non-hydrogen) atoms. The van der Waals surface area contributed by atoms with Crippen molar-refractivity contribution in [2.75, 3.05) is 0 Å². The zero-order valence-electron chi connectivity index (χ0n) is 15.9. The molecule has 1 fully saturated rings. The number of carbonyl (C=O) groups is 2. The number of alkyl halides is 5. The number of imidazole rings is 1. The van der Waals surface area contributed by atoms with Gasteiger partial charge < -0.3 is 10.6 Å². The van der Waals surface area contributed by atoms with Crippen LogP contribution in [0.1, 0.15) is 40.3 Å². The van der Waals surface area contributed by atoms with Crippen molar-refractivity contribution in [1.29, 1.82) is 0 Å². The second kappa shape index (κ2) is 8.12. The van der Waals surface area contributed by atoms with Crippen molar-refractivity contribution in [3.05, 3.63) is 41.1 Å². The Labute approximate surface area is 175 Å². The number of rotatable bonds is 6. The van der Waals surface area contributed by atoms with Crippen molar-refractivity contribution in [3.63, 3.8) is 0 Å². The quantitative estimate of drug-likeness (QED) is 0.536. The number of fused-ring (bicyclic) bond motifs is 1. The molecule has 0 aromatic carbocycles. The van der Waals surface area contributed by atoms with E-state index in [9.17, 15) is 31.5 Å². The first kappa shape index (κ1) is 21.6. The van der Waals surface area contributed by atoms with Gasteiger partial charge in [0.05, 0.1) is 24.6 Å². The minimum absolute atomic E-state index is 0.0520. The normalized spacial score (nSPS) is 19.0. The molecule has 1 saturated heterocycles. The van der Waals surface area contributed by atoms with Crippen LogP contribution in [0.3, 0.4) is 0 Å². The number of aromatic nitrogens is 5.